The largest absolute Gasteiger partial charge is 0.348 e. The molecule has 27 heavy (non-hydrogen) atoms. The number of fused-ring (bicyclic) bond motifs is 1. The van der Waals surface area contributed by atoms with Gasteiger partial charge in [0.1, 0.15) is 11.2 Å². The monoisotopic (exact) mass is 377 g/mol. The van der Waals surface area contributed by atoms with Gasteiger partial charge in [-0.25, -0.2) is 13.2 Å². The van der Waals surface area contributed by atoms with Gasteiger partial charge in [0.05, 0.1) is 6.20 Å². The van der Waals surface area contributed by atoms with Crippen molar-refractivity contribution in [3.8, 4) is 11.1 Å². The fourth-order valence-electron chi connectivity index (χ4n) is 3.43. The third kappa shape index (κ3) is 3.41. The molecule has 1 saturated carbocycles. The number of carbonyl (C=O) groups is 1. The van der Waals surface area contributed by atoms with E-state index in [9.17, 15) is 18.0 Å². The Morgan fingerprint density at radius 3 is 2.70 bits per heavy atom. The van der Waals surface area contributed by atoms with Gasteiger partial charge in [-0.05, 0) is 30.5 Å². The Morgan fingerprint density at radius 1 is 1.30 bits per heavy atom. The van der Waals surface area contributed by atoms with Crippen molar-refractivity contribution in [1.29, 1.82) is 0 Å². The number of nitrogens with zero attached hydrogens (tertiary/aromatic N) is 3. The first-order chi connectivity index (χ1) is 12.8. The van der Waals surface area contributed by atoms with Crippen molar-refractivity contribution in [2.75, 3.05) is 0 Å². The van der Waals surface area contributed by atoms with E-state index in [0.717, 1.165) is 0 Å². The zero-order valence-corrected chi connectivity index (χ0v) is 14.6. The Bertz CT molecular complexity index is 1000. The molecule has 0 saturated heterocycles. The molecule has 4 rings (SSSR count). The Hall–Kier alpha value is -2.84. The Labute approximate surface area is 152 Å². The second-order valence-electron chi connectivity index (χ2n) is 6.96. The van der Waals surface area contributed by atoms with Crippen LogP contribution < -0.4 is 5.32 Å². The van der Waals surface area contributed by atoms with Crippen molar-refractivity contribution in [2.45, 2.75) is 37.6 Å². The van der Waals surface area contributed by atoms with Gasteiger partial charge in [0.25, 0.3) is 5.91 Å². The molecule has 2 N–H and O–H groups in total. The molecule has 1 fully saturated rings. The van der Waals surface area contributed by atoms with E-state index in [0.29, 0.717) is 16.5 Å². The Kier molecular flexibility index (Phi) is 4.16. The molecule has 0 unspecified atom stereocenters. The number of rotatable bonds is 3. The molecule has 1 aromatic carbocycles. The minimum absolute atomic E-state index is 0.0583. The highest BCUT2D eigenvalue weighted by molar-refractivity contribution is 6.05. The van der Waals surface area contributed by atoms with Crippen LogP contribution in [0, 0.1) is 5.82 Å². The highest BCUT2D eigenvalue weighted by Crippen LogP contribution is 2.33. The molecule has 0 atom stereocenters. The first kappa shape index (κ1) is 17.6. The average molecular weight is 377 g/mol. The number of halogens is 3. The van der Waals surface area contributed by atoms with Crippen LogP contribution in [-0.4, -0.2) is 37.8 Å². The summed E-state index contributed by atoms with van der Waals surface area (Å²) in [7, 11) is 1.75. The number of amides is 1. The molecule has 9 heteroatoms. The fourth-order valence-corrected chi connectivity index (χ4v) is 3.43. The zero-order chi connectivity index (χ0) is 19.2. The molecule has 0 spiro atoms. The summed E-state index contributed by atoms with van der Waals surface area (Å²) in [6.45, 7) is 0. The van der Waals surface area contributed by atoms with Crippen molar-refractivity contribution in [2.24, 2.45) is 7.05 Å². The van der Waals surface area contributed by atoms with Crippen molar-refractivity contribution < 1.29 is 18.0 Å². The molecule has 3 aromatic rings. The van der Waals surface area contributed by atoms with Crippen LogP contribution in [0.2, 0.25) is 0 Å². The highest BCUT2D eigenvalue weighted by atomic mass is 19.3. The maximum absolute atomic E-state index is 14.4. The molecule has 1 aliphatic rings. The number of benzene rings is 1. The topological polar surface area (TPSA) is 75.6 Å². The van der Waals surface area contributed by atoms with Crippen LogP contribution in [0.15, 0.2) is 24.5 Å². The molecule has 0 radical (unpaired) electrons. The van der Waals surface area contributed by atoms with E-state index in [1.54, 1.807) is 30.2 Å². The van der Waals surface area contributed by atoms with E-state index < -0.39 is 17.6 Å². The number of aromatic nitrogens is 4. The lowest BCUT2D eigenvalue weighted by Crippen LogP contribution is -2.40. The third-order valence-corrected chi connectivity index (χ3v) is 4.93. The van der Waals surface area contributed by atoms with Crippen molar-refractivity contribution in [3.05, 3.63) is 36.0 Å². The van der Waals surface area contributed by atoms with E-state index in [1.807, 2.05) is 0 Å². The Balaban J connectivity index is 1.62. The van der Waals surface area contributed by atoms with Gasteiger partial charge in [0.2, 0.25) is 5.92 Å². The lowest BCUT2D eigenvalue weighted by molar-refractivity contribution is -0.0399. The van der Waals surface area contributed by atoms with Gasteiger partial charge >= 0.3 is 0 Å². The van der Waals surface area contributed by atoms with Crippen LogP contribution in [0.4, 0.5) is 13.2 Å². The van der Waals surface area contributed by atoms with Crippen molar-refractivity contribution in [1.82, 2.24) is 25.3 Å². The second kappa shape index (κ2) is 6.40. The summed E-state index contributed by atoms with van der Waals surface area (Å²) >= 11 is 0. The van der Waals surface area contributed by atoms with Gasteiger partial charge in [-0.1, -0.05) is 0 Å². The van der Waals surface area contributed by atoms with Crippen LogP contribution in [0.3, 0.4) is 0 Å². The molecule has 1 amide bonds. The normalized spacial score (nSPS) is 17.3. The molecule has 2 heterocycles. The molecule has 0 aliphatic heterocycles. The molecule has 6 nitrogen and oxygen atoms in total. The summed E-state index contributed by atoms with van der Waals surface area (Å²) < 4.78 is 42.6. The predicted molar refractivity (Wildman–Crippen MR) is 92.9 cm³/mol. The van der Waals surface area contributed by atoms with E-state index in [1.165, 1.54) is 6.07 Å². The molecule has 2 aromatic heterocycles. The molecule has 1 aliphatic carbocycles. The summed E-state index contributed by atoms with van der Waals surface area (Å²) in [6.07, 6.45) is 3.26. The first-order valence-corrected chi connectivity index (χ1v) is 8.68. The lowest BCUT2D eigenvalue weighted by Gasteiger charge is -2.28. The number of hydrogen-bond acceptors (Lipinski definition) is 3. The maximum atomic E-state index is 14.4. The number of aryl methyl sites for hydroxylation is 1. The summed E-state index contributed by atoms with van der Waals surface area (Å²) in [6, 6.07) is 2.68. The van der Waals surface area contributed by atoms with E-state index in [2.05, 4.69) is 20.6 Å². The summed E-state index contributed by atoms with van der Waals surface area (Å²) in [5, 5.41) is 13.6. The number of H-pyrrole nitrogens is 1. The summed E-state index contributed by atoms with van der Waals surface area (Å²) in [5.74, 6) is -3.70. The zero-order valence-electron chi connectivity index (χ0n) is 14.6. The van der Waals surface area contributed by atoms with Gasteiger partial charge in [-0.15, -0.1) is 0 Å². The van der Waals surface area contributed by atoms with Crippen LogP contribution in [0.25, 0.3) is 22.0 Å². The summed E-state index contributed by atoms with van der Waals surface area (Å²) in [5.41, 5.74) is 1.45. The second-order valence-corrected chi connectivity index (χ2v) is 6.96. The van der Waals surface area contributed by atoms with Crippen LogP contribution in [0.1, 0.15) is 36.2 Å². The number of hydrogen-bond donors (Lipinski definition) is 2. The fraction of sp³-hybridized carbons (Fsp3) is 0.389. The highest BCUT2D eigenvalue weighted by Gasteiger charge is 2.35. The van der Waals surface area contributed by atoms with Crippen LogP contribution in [0.5, 0.6) is 0 Å². The maximum Gasteiger partial charge on any atom is 0.270 e. The molecular weight excluding hydrogens is 359 g/mol. The van der Waals surface area contributed by atoms with Crippen molar-refractivity contribution in [3.63, 3.8) is 0 Å². The molecular formula is C18H18F3N5O. The van der Waals surface area contributed by atoms with Gasteiger partial charge in [-0.2, -0.15) is 10.2 Å². The minimum Gasteiger partial charge on any atom is -0.348 e. The van der Waals surface area contributed by atoms with Gasteiger partial charge in [0.15, 0.2) is 5.82 Å². The van der Waals surface area contributed by atoms with Gasteiger partial charge in [0, 0.05) is 43.1 Å². The molecule has 142 valence electrons. The van der Waals surface area contributed by atoms with Crippen LogP contribution >= 0.6 is 0 Å². The van der Waals surface area contributed by atoms with E-state index >= 15 is 0 Å². The Morgan fingerprint density at radius 2 is 2.04 bits per heavy atom. The number of nitrogens with one attached hydrogen (secondary N) is 2. The van der Waals surface area contributed by atoms with Gasteiger partial charge in [-0.3, -0.25) is 14.6 Å². The average Bonchev–Trinajstić information content (AvgIpc) is 3.23. The summed E-state index contributed by atoms with van der Waals surface area (Å²) in [4.78, 5) is 12.6. The quantitative estimate of drug-likeness (QED) is 0.735. The smallest absolute Gasteiger partial charge is 0.270 e. The SMILES string of the molecule is Cn1cc(-c2cc(F)c3n[nH]c(C(=O)NC4CCC(F)(F)CC4)c3c2)cn1. The van der Waals surface area contributed by atoms with E-state index in [4.69, 9.17) is 0 Å². The number of carbonyl (C=O) groups excluding carboxylic acids is 1. The number of aromatic amines is 1. The first-order valence-electron chi connectivity index (χ1n) is 8.68. The van der Waals surface area contributed by atoms with Gasteiger partial charge < -0.3 is 5.32 Å². The van der Waals surface area contributed by atoms with Crippen molar-refractivity contribution >= 4 is 16.8 Å². The lowest BCUT2D eigenvalue weighted by atomic mass is 9.92. The minimum atomic E-state index is -2.66. The van der Waals surface area contributed by atoms with E-state index in [-0.39, 0.29) is 42.9 Å². The molecule has 0 bridgehead atoms. The standard InChI is InChI=1S/C18H18F3N5O/c1-26-9-11(8-22-26)10-6-13-15(14(19)7-10)24-25-16(13)17(27)23-12-2-4-18(20,21)5-3-12/h6-9,12H,2-5H2,1H3,(H,23,27)(H,24,25). The third-order valence-electron chi connectivity index (χ3n) is 4.93. The number of alkyl halides is 2. The van der Waals surface area contributed by atoms with Crippen LogP contribution in [-0.2, 0) is 7.05 Å². The predicted octanol–water partition coefficient (Wildman–Crippen LogP) is 3.41.